The fourth-order valence-corrected chi connectivity index (χ4v) is 5.97. The van der Waals surface area contributed by atoms with Gasteiger partial charge in [0.2, 0.25) is 0 Å². The first-order valence-corrected chi connectivity index (χ1v) is 19.8. The normalized spacial score (nSPS) is 21.6. The van der Waals surface area contributed by atoms with Crippen LogP contribution in [0.25, 0.3) is 0 Å². The van der Waals surface area contributed by atoms with Gasteiger partial charge in [0.1, 0.15) is 31.0 Å². The van der Waals surface area contributed by atoms with Gasteiger partial charge in [-0.1, -0.05) is 142 Å². The van der Waals surface area contributed by atoms with E-state index in [0.29, 0.717) is 12.8 Å². The lowest BCUT2D eigenvalue weighted by molar-refractivity contribution is -0.305. The highest BCUT2D eigenvalue weighted by atomic mass is 16.7. The van der Waals surface area contributed by atoms with E-state index in [2.05, 4.69) is 19.9 Å². The quantitative estimate of drug-likeness (QED) is 0.0322. The molecule has 1 heterocycles. The minimum Gasteiger partial charge on any atom is -0.462 e. The molecule has 1 aliphatic rings. The Morgan fingerprint density at radius 1 is 0.612 bits per heavy atom. The molecule has 0 amide bonds. The molecule has 0 bridgehead atoms. The number of hydrogen-bond acceptors (Lipinski definition) is 10. The average molecular weight is 701 g/mol. The molecule has 4 N–H and O–H groups in total. The van der Waals surface area contributed by atoms with Crippen LogP contribution in [0.4, 0.5) is 0 Å². The number of rotatable bonds is 32. The predicted molar refractivity (Wildman–Crippen MR) is 192 cm³/mol. The van der Waals surface area contributed by atoms with Gasteiger partial charge in [0.05, 0.1) is 13.2 Å². The zero-order chi connectivity index (χ0) is 36.0. The molecule has 1 saturated heterocycles. The van der Waals surface area contributed by atoms with Gasteiger partial charge in [-0.05, 0) is 25.7 Å². The number of carbonyl (C=O) groups excluding carboxylic acids is 2. The smallest absolute Gasteiger partial charge is 0.306 e. The maximum Gasteiger partial charge on any atom is 0.306 e. The Balaban J connectivity index is 2.38. The van der Waals surface area contributed by atoms with E-state index in [1.165, 1.54) is 96.3 Å². The molecule has 0 spiro atoms. The van der Waals surface area contributed by atoms with Crippen LogP contribution in [0.3, 0.4) is 0 Å². The van der Waals surface area contributed by atoms with Crippen LogP contribution in [0.5, 0.6) is 0 Å². The Bertz CT molecular complexity index is 820. The van der Waals surface area contributed by atoms with Crippen LogP contribution < -0.4 is 0 Å². The molecular weight excluding hydrogens is 628 g/mol. The number of hydrogen-bond donors (Lipinski definition) is 4. The summed E-state index contributed by atoms with van der Waals surface area (Å²) in [5.74, 6) is -0.862. The molecule has 0 radical (unpaired) electrons. The summed E-state index contributed by atoms with van der Waals surface area (Å²) in [6.07, 6.45) is 22.4. The van der Waals surface area contributed by atoms with Gasteiger partial charge in [-0.15, -0.1) is 0 Å². The molecule has 0 aromatic rings. The first kappa shape index (κ1) is 45.5. The lowest BCUT2D eigenvalue weighted by Gasteiger charge is -2.39. The van der Waals surface area contributed by atoms with Crippen molar-refractivity contribution in [3.05, 3.63) is 12.2 Å². The average Bonchev–Trinajstić information content (AvgIpc) is 3.10. The summed E-state index contributed by atoms with van der Waals surface area (Å²) < 4.78 is 22.0. The summed E-state index contributed by atoms with van der Waals surface area (Å²) in [5.41, 5.74) is 0. The molecule has 1 rings (SSSR count). The van der Waals surface area contributed by atoms with E-state index >= 15 is 0 Å². The number of unbranched alkanes of at least 4 members (excludes halogenated alkanes) is 19. The van der Waals surface area contributed by atoms with E-state index in [1.54, 1.807) is 0 Å². The van der Waals surface area contributed by atoms with Gasteiger partial charge < -0.3 is 39.4 Å². The molecule has 6 atom stereocenters. The Kier molecular flexibility index (Phi) is 28.9. The predicted octanol–water partition coefficient (Wildman–Crippen LogP) is 7.22. The van der Waals surface area contributed by atoms with Crippen LogP contribution in [-0.4, -0.2) is 89.0 Å². The molecule has 0 aliphatic carbocycles. The van der Waals surface area contributed by atoms with E-state index in [4.69, 9.17) is 18.9 Å². The third-order valence-electron chi connectivity index (χ3n) is 9.16. The molecule has 288 valence electrons. The standard InChI is InChI=1S/C39H72O10/c1-3-5-7-9-11-13-14-15-16-17-18-20-21-23-25-27-34(41)46-30-32(31-47-39-38(45)37(44)36(43)33(29-40)49-39)48-35(42)28-26-24-22-19-12-10-8-6-4-2/h21,23,32-33,36-40,43-45H,3-20,22,24-31H2,1-2H3/b23-21+/t32-,33-,36+,37?,38?,39-/m0/s1. The van der Waals surface area contributed by atoms with Gasteiger partial charge in [-0.3, -0.25) is 9.59 Å². The highest BCUT2D eigenvalue weighted by molar-refractivity contribution is 5.70. The summed E-state index contributed by atoms with van der Waals surface area (Å²) in [5, 5.41) is 39.8. The zero-order valence-corrected chi connectivity index (χ0v) is 30.9. The third-order valence-corrected chi connectivity index (χ3v) is 9.16. The van der Waals surface area contributed by atoms with Gasteiger partial charge >= 0.3 is 11.9 Å². The highest BCUT2D eigenvalue weighted by Gasteiger charge is 2.44. The van der Waals surface area contributed by atoms with E-state index < -0.39 is 55.4 Å². The highest BCUT2D eigenvalue weighted by Crippen LogP contribution is 2.22. The molecule has 0 aromatic heterocycles. The van der Waals surface area contributed by atoms with Gasteiger partial charge in [-0.2, -0.15) is 0 Å². The minimum absolute atomic E-state index is 0.196. The van der Waals surface area contributed by atoms with Gasteiger partial charge in [0.25, 0.3) is 0 Å². The summed E-state index contributed by atoms with van der Waals surface area (Å²) >= 11 is 0. The van der Waals surface area contributed by atoms with Crippen LogP contribution in [0, 0.1) is 0 Å². The van der Waals surface area contributed by atoms with E-state index in [-0.39, 0.29) is 26.1 Å². The summed E-state index contributed by atoms with van der Waals surface area (Å²) in [6, 6.07) is 0. The van der Waals surface area contributed by atoms with Crippen LogP contribution in [0.15, 0.2) is 12.2 Å². The number of aliphatic hydroxyl groups excluding tert-OH is 4. The van der Waals surface area contributed by atoms with Crippen molar-refractivity contribution < 1.29 is 49.0 Å². The Morgan fingerprint density at radius 3 is 1.67 bits per heavy atom. The number of esters is 2. The first-order chi connectivity index (χ1) is 23.8. The van der Waals surface area contributed by atoms with Crippen LogP contribution in [0.1, 0.15) is 168 Å². The van der Waals surface area contributed by atoms with Crippen molar-refractivity contribution in [3.8, 4) is 0 Å². The second kappa shape index (κ2) is 31.2. The van der Waals surface area contributed by atoms with Gasteiger partial charge in [0.15, 0.2) is 12.4 Å². The van der Waals surface area contributed by atoms with Gasteiger partial charge in [-0.25, -0.2) is 0 Å². The number of allylic oxidation sites excluding steroid dienone is 2. The van der Waals surface area contributed by atoms with Crippen LogP contribution in [-0.2, 0) is 28.5 Å². The zero-order valence-electron chi connectivity index (χ0n) is 30.9. The maximum absolute atomic E-state index is 12.6. The van der Waals surface area contributed by atoms with E-state index in [9.17, 15) is 30.0 Å². The molecular formula is C39H72O10. The molecule has 2 unspecified atom stereocenters. The Hall–Kier alpha value is -1.56. The first-order valence-electron chi connectivity index (χ1n) is 19.8. The third kappa shape index (κ3) is 23.5. The molecule has 0 aromatic carbocycles. The largest absolute Gasteiger partial charge is 0.462 e. The molecule has 0 saturated carbocycles. The Labute approximate surface area is 297 Å². The van der Waals surface area contributed by atoms with Crippen molar-refractivity contribution in [3.63, 3.8) is 0 Å². The van der Waals surface area contributed by atoms with Crippen molar-refractivity contribution in [1.82, 2.24) is 0 Å². The topological polar surface area (TPSA) is 152 Å². The van der Waals surface area contributed by atoms with Crippen molar-refractivity contribution >= 4 is 11.9 Å². The Morgan fingerprint density at radius 2 is 1.12 bits per heavy atom. The second-order valence-corrected chi connectivity index (χ2v) is 13.7. The van der Waals surface area contributed by atoms with E-state index in [0.717, 1.165) is 32.1 Å². The fourth-order valence-electron chi connectivity index (χ4n) is 5.97. The molecule has 1 fully saturated rings. The fraction of sp³-hybridized carbons (Fsp3) is 0.897. The van der Waals surface area contributed by atoms with Crippen molar-refractivity contribution in [2.24, 2.45) is 0 Å². The number of aliphatic hydroxyl groups is 4. The number of carbonyl (C=O) groups is 2. The lowest BCUT2D eigenvalue weighted by atomic mass is 9.99. The van der Waals surface area contributed by atoms with Crippen LogP contribution in [0.2, 0.25) is 0 Å². The number of ether oxygens (including phenoxy) is 4. The molecule has 1 aliphatic heterocycles. The second-order valence-electron chi connectivity index (χ2n) is 13.7. The molecule has 10 nitrogen and oxygen atoms in total. The summed E-state index contributed by atoms with van der Waals surface area (Å²) in [7, 11) is 0. The molecule has 10 heteroatoms. The van der Waals surface area contributed by atoms with Crippen molar-refractivity contribution in [2.75, 3.05) is 19.8 Å². The maximum atomic E-state index is 12.6. The summed E-state index contributed by atoms with van der Waals surface area (Å²) in [6.45, 7) is 3.35. The van der Waals surface area contributed by atoms with Crippen molar-refractivity contribution in [2.45, 2.75) is 205 Å². The minimum atomic E-state index is -1.59. The molecule has 49 heavy (non-hydrogen) atoms. The van der Waals surface area contributed by atoms with Crippen LogP contribution >= 0.6 is 0 Å². The summed E-state index contributed by atoms with van der Waals surface area (Å²) in [4.78, 5) is 25.1. The van der Waals surface area contributed by atoms with Crippen molar-refractivity contribution in [1.29, 1.82) is 0 Å². The lowest BCUT2D eigenvalue weighted by Crippen LogP contribution is -2.59. The van der Waals surface area contributed by atoms with E-state index in [1.807, 2.05) is 6.08 Å². The SMILES string of the molecule is CCCCCCCCCCCCC/C=C/CCC(=O)OC[C@@H](CO[C@H]1O[C@@H](CO)[C@@H](O)C(O)C1O)OC(=O)CCCCCCCCCCC. The van der Waals surface area contributed by atoms with Gasteiger partial charge in [0, 0.05) is 12.8 Å². The monoisotopic (exact) mass is 701 g/mol.